The third-order valence-electron chi connectivity index (χ3n) is 3.92. The quantitative estimate of drug-likeness (QED) is 0.716. The van der Waals surface area contributed by atoms with Crippen molar-refractivity contribution in [1.82, 2.24) is 0 Å². The number of rotatable bonds is 4. The zero-order valence-corrected chi connectivity index (χ0v) is 11.6. The predicted octanol–water partition coefficient (Wildman–Crippen LogP) is 4.61. The molecule has 0 aliphatic heterocycles. The molecular formula is C15H24S. The molecule has 1 aromatic rings. The molecule has 1 aromatic carbocycles. The molecule has 0 unspecified atom stereocenters. The van der Waals surface area contributed by atoms with Crippen molar-refractivity contribution in [2.75, 3.05) is 18.3 Å². The first kappa shape index (κ1) is 12.0. The summed E-state index contributed by atoms with van der Waals surface area (Å²) >= 11 is 0. The third-order valence-corrected chi connectivity index (χ3v) is 6.72. The van der Waals surface area contributed by atoms with Crippen molar-refractivity contribution in [3.05, 3.63) is 29.8 Å². The SMILES string of the molecule is Cc1ccc(S(C)(C)CCC2CCC2)cc1. The molecule has 2 rings (SSSR count). The van der Waals surface area contributed by atoms with Crippen LogP contribution in [0.3, 0.4) is 0 Å². The molecule has 0 amide bonds. The Kier molecular flexibility index (Phi) is 3.63. The van der Waals surface area contributed by atoms with Crippen LogP contribution < -0.4 is 0 Å². The van der Waals surface area contributed by atoms with Crippen LogP contribution >= 0.6 is 10.0 Å². The van der Waals surface area contributed by atoms with E-state index in [0.29, 0.717) is 0 Å². The molecule has 16 heavy (non-hydrogen) atoms. The van der Waals surface area contributed by atoms with Crippen LogP contribution in [0.1, 0.15) is 31.2 Å². The third kappa shape index (κ3) is 2.82. The summed E-state index contributed by atoms with van der Waals surface area (Å²) in [5, 5.41) is 0. The average molecular weight is 236 g/mol. The van der Waals surface area contributed by atoms with Gasteiger partial charge in [-0.25, -0.2) is 10.0 Å². The van der Waals surface area contributed by atoms with Gasteiger partial charge in [-0.05, 0) is 54.6 Å². The highest BCUT2D eigenvalue weighted by Crippen LogP contribution is 2.50. The first-order valence-corrected chi connectivity index (χ1v) is 8.97. The topological polar surface area (TPSA) is 0 Å². The fraction of sp³-hybridized carbons (Fsp3) is 0.600. The highest BCUT2D eigenvalue weighted by Gasteiger charge is 2.21. The van der Waals surface area contributed by atoms with Gasteiger partial charge in [-0.2, -0.15) is 0 Å². The average Bonchev–Trinajstić information content (AvgIpc) is 2.15. The van der Waals surface area contributed by atoms with Crippen molar-refractivity contribution in [2.24, 2.45) is 5.92 Å². The van der Waals surface area contributed by atoms with E-state index in [1.807, 2.05) is 0 Å². The highest BCUT2D eigenvalue weighted by molar-refractivity contribution is 8.32. The summed E-state index contributed by atoms with van der Waals surface area (Å²) in [5.74, 6) is 2.47. The maximum Gasteiger partial charge on any atom is -0.0104 e. The largest absolute Gasteiger partial charge is 0.220 e. The highest BCUT2D eigenvalue weighted by atomic mass is 32.3. The predicted molar refractivity (Wildman–Crippen MR) is 75.7 cm³/mol. The summed E-state index contributed by atoms with van der Waals surface area (Å²) in [7, 11) is -0.548. The number of hydrogen-bond acceptors (Lipinski definition) is 0. The zero-order chi connectivity index (χ0) is 11.6. The summed E-state index contributed by atoms with van der Waals surface area (Å²) in [6, 6.07) is 9.19. The molecular weight excluding hydrogens is 212 g/mol. The normalized spacial score (nSPS) is 18.2. The minimum absolute atomic E-state index is 0.548. The van der Waals surface area contributed by atoms with E-state index < -0.39 is 10.0 Å². The van der Waals surface area contributed by atoms with E-state index in [2.05, 4.69) is 43.7 Å². The van der Waals surface area contributed by atoms with Gasteiger partial charge in [0.25, 0.3) is 0 Å². The lowest BCUT2D eigenvalue weighted by Crippen LogP contribution is -2.15. The summed E-state index contributed by atoms with van der Waals surface area (Å²) in [6.07, 6.45) is 10.8. The van der Waals surface area contributed by atoms with Gasteiger partial charge < -0.3 is 0 Å². The Morgan fingerprint density at radius 1 is 1.12 bits per heavy atom. The first-order chi connectivity index (χ1) is 7.58. The Labute approximate surface area is 102 Å². The molecule has 0 radical (unpaired) electrons. The van der Waals surface area contributed by atoms with Crippen molar-refractivity contribution >= 4 is 10.0 Å². The van der Waals surface area contributed by atoms with Crippen LogP contribution in [0.25, 0.3) is 0 Å². The number of benzene rings is 1. The Morgan fingerprint density at radius 2 is 1.75 bits per heavy atom. The number of hydrogen-bond donors (Lipinski definition) is 0. The van der Waals surface area contributed by atoms with Gasteiger partial charge in [0.15, 0.2) is 0 Å². The fourth-order valence-electron chi connectivity index (χ4n) is 2.27. The monoisotopic (exact) mass is 236 g/mol. The second-order valence-corrected chi connectivity index (χ2v) is 9.60. The lowest BCUT2D eigenvalue weighted by atomic mass is 9.84. The van der Waals surface area contributed by atoms with Gasteiger partial charge in [0, 0.05) is 0 Å². The molecule has 90 valence electrons. The van der Waals surface area contributed by atoms with Crippen molar-refractivity contribution in [2.45, 2.75) is 37.5 Å². The second kappa shape index (κ2) is 4.83. The number of aryl methyl sites for hydroxylation is 1. The zero-order valence-electron chi connectivity index (χ0n) is 10.8. The van der Waals surface area contributed by atoms with Gasteiger partial charge in [0.2, 0.25) is 0 Å². The summed E-state index contributed by atoms with van der Waals surface area (Å²) in [4.78, 5) is 1.58. The van der Waals surface area contributed by atoms with E-state index in [9.17, 15) is 0 Å². The van der Waals surface area contributed by atoms with E-state index >= 15 is 0 Å². The van der Waals surface area contributed by atoms with Crippen molar-refractivity contribution < 1.29 is 0 Å². The fourth-order valence-corrected chi connectivity index (χ4v) is 4.30. The lowest BCUT2D eigenvalue weighted by molar-refractivity contribution is 0.308. The van der Waals surface area contributed by atoms with Crippen LogP contribution in [0.4, 0.5) is 0 Å². The van der Waals surface area contributed by atoms with Crippen LogP contribution in [-0.4, -0.2) is 18.3 Å². The lowest BCUT2D eigenvalue weighted by Gasteiger charge is -2.35. The summed E-state index contributed by atoms with van der Waals surface area (Å²) in [5.41, 5.74) is 1.37. The van der Waals surface area contributed by atoms with Crippen molar-refractivity contribution in [3.8, 4) is 0 Å². The standard InChI is InChI=1S/C15H24S/c1-13-7-9-15(10-8-13)16(2,3)12-11-14-5-4-6-14/h7-10,14H,4-6,11-12H2,1-3H3. The minimum Gasteiger partial charge on any atom is -0.220 e. The maximum absolute atomic E-state index is 2.47. The van der Waals surface area contributed by atoms with Crippen LogP contribution in [0.2, 0.25) is 0 Å². The molecule has 1 fully saturated rings. The van der Waals surface area contributed by atoms with E-state index in [-0.39, 0.29) is 0 Å². The second-order valence-electron chi connectivity index (χ2n) is 5.64. The first-order valence-electron chi connectivity index (χ1n) is 6.36. The van der Waals surface area contributed by atoms with Crippen LogP contribution in [0.5, 0.6) is 0 Å². The van der Waals surface area contributed by atoms with E-state index in [1.165, 1.54) is 37.0 Å². The Morgan fingerprint density at radius 3 is 2.25 bits per heavy atom. The van der Waals surface area contributed by atoms with Gasteiger partial charge in [0.1, 0.15) is 0 Å². The van der Waals surface area contributed by atoms with Crippen molar-refractivity contribution in [3.63, 3.8) is 0 Å². The molecule has 0 N–H and O–H groups in total. The molecule has 0 heterocycles. The Bertz CT molecular complexity index is 333. The van der Waals surface area contributed by atoms with Gasteiger partial charge in [-0.1, -0.05) is 37.0 Å². The van der Waals surface area contributed by atoms with Crippen molar-refractivity contribution in [1.29, 1.82) is 0 Å². The molecule has 0 saturated heterocycles. The maximum atomic E-state index is 2.47. The molecule has 1 saturated carbocycles. The minimum atomic E-state index is -0.548. The summed E-state index contributed by atoms with van der Waals surface area (Å²) < 4.78 is 0. The molecule has 0 bridgehead atoms. The molecule has 0 atom stereocenters. The molecule has 0 nitrogen and oxygen atoms in total. The van der Waals surface area contributed by atoms with Gasteiger partial charge >= 0.3 is 0 Å². The van der Waals surface area contributed by atoms with E-state index in [4.69, 9.17) is 0 Å². The Hall–Kier alpha value is -0.430. The molecule has 0 spiro atoms. The van der Waals surface area contributed by atoms with Crippen LogP contribution in [0, 0.1) is 12.8 Å². The molecule has 1 aliphatic carbocycles. The van der Waals surface area contributed by atoms with Gasteiger partial charge in [-0.15, -0.1) is 0 Å². The summed E-state index contributed by atoms with van der Waals surface area (Å²) in [6.45, 7) is 2.17. The van der Waals surface area contributed by atoms with Crippen LogP contribution in [0.15, 0.2) is 29.2 Å². The van der Waals surface area contributed by atoms with E-state index in [1.54, 1.807) is 4.90 Å². The molecule has 1 heteroatoms. The van der Waals surface area contributed by atoms with Gasteiger partial charge in [0.05, 0.1) is 0 Å². The van der Waals surface area contributed by atoms with Crippen LogP contribution in [-0.2, 0) is 0 Å². The Balaban J connectivity index is 1.96. The van der Waals surface area contributed by atoms with Gasteiger partial charge in [-0.3, -0.25) is 0 Å². The smallest absolute Gasteiger partial charge is 0.0104 e. The molecule has 1 aliphatic rings. The van der Waals surface area contributed by atoms with E-state index in [0.717, 1.165) is 5.92 Å². The molecule has 0 aromatic heterocycles.